The molecule has 1 aromatic rings. The summed E-state index contributed by atoms with van der Waals surface area (Å²) < 4.78 is 0. The average Bonchev–Trinajstić information content (AvgIpc) is 2.24. The number of rotatable bonds is 6. The second-order valence-electron chi connectivity index (χ2n) is 6.03. The predicted molar refractivity (Wildman–Crippen MR) is 79.7 cm³/mol. The predicted octanol–water partition coefficient (Wildman–Crippen LogP) is 3.46. The van der Waals surface area contributed by atoms with Crippen LogP contribution in [0.25, 0.3) is 0 Å². The Morgan fingerprint density at radius 2 is 1.95 bits per heavy atom. The summed E-state index contributed by atoms with van der Waals surface area (Å²) in [5, 5.41) is 14.0. The van der Waals surface area contributed by atoms with Gasteiger partial charge in [-0.25, -0.2) is 9.97 Å². The van der Waals surface area contributed by atoms with Gasteiger partial charge in [-0.3, -0.25) is 0 Å². The highest BCUT2D eigenvalue weighted by atomic mass is 35.5. The Hall–Kier alpha value is -0.870. The highest BCUT2D eigenvalue weighted by Gasteiger charge is 2.23. The van der Waals surface area contributed by atoms with Crippen molar-refractivity contribution in [1.82, 2.24) is 9.97 Å². The molecular weight excluding hydrogens is 262 g/mol. The maximum absolute atomic E-state index is 10.3. The maximum Gasteiger partial charge on any atom is 0.138 e. The Labute approximate surface area is 120 Å². The zero-order valence-electron chi connectivity index (χ0n) is 12.4. The van der Waals surface area contributed by atoms with Crippen LogP contribution in [0, 0.1) is 5.92 Å². The first kappa shape index (κ1) is 16.2. The van der Waals surface area contributed by atoms with Crippen LogP contribution < -0.4 is 5.32 Å². The Bertz CT molecular complexity index is 419. The number of anilines is 1. The van der Waals surface area contributed by atoms with Crippen molar-refractivity contribution in [2.45, 2.75) is 52.6 Å². The summed E-state index contributed by atoms with van der Waals surface area (Å²) in [6, 6.07) is 0. The van der Waals surface area contributed by atoms with Gasteiger partial charge in [0.05, 0.1) is 5.60 Å². The molecule has 0 spiro atoms. The van der Waals surface area contributed by atoms with Crippen molar-refractivity contribution in [2.75, 3.05) is 11.9 Å². The molecule has 0 bridgehead atoms. The van der Waals surface area contributed by atoms with E-state index >= 15 is 0 Å². The normalized spacial score (nSPS) is 14.8. The summed E-state index contributed by atoms with van der Waals surface area (Å²) in [6.45, 7) is 10.5. The van der Waals surface area contributed by atoms with E-state index in [1.165, 1.54) is 6.33 Å². The molecule has 0 aliphatic carbocycles. The Balaban J connectivity index is 2.81. The van der Waals surface area contributed by atoms with E-state index in [-0.39, 0.29) is 5.92 Å². The molecule has 1 atom stereocenters. The van der Waals surface area contributed by atoms with Crippen molar-refractivity contribution in [1.29, 1.82) is 0 Å². The molecule has 19 heavy (non-hydrogen) atoms. The smallest absolute Gasteiger partial charge is 0.138 e. The monoisotopic (exact) mass is 285 g/mol. The van der Waals surface area contributed by atoms with Crippen LogP contribution in [0.3, 0.4) is 0 Å². The van der Waals surface area contributed by atoms with Gasteiger partial charge in [0.25, 0.3) is 0 Å². The zero-order chi connectivity index (χ0) is 14.6. The van der Waals surface area contributed by atoms with Crippen LogP contribution in [0.1, 0.15) is 52.5 Å². The number of nitrogens with one attached hydrogen (secondary N) is 1. The van der Waals surface area contributed by atoms with E-state index in [1.54, 1.807) is 0 Å². The van der Waals surface area contributed by atoms with Crippen molar-refractivity contribution in [3.63, 3.8) is 0 Å². The van der Waals surface area contributed by atoms with E-state index in [2.05, 4.69) is 29.1 Å². The van der Waals surface area contributed by atoms with Crippen LogP contribution in [0.4, 0.5) is 5.82 Å². The fourth-order valence-electron chi connectivity index (χ4n) is 2.25. The first-order valence-electron chi connectivity index (χ1n) is 6.69. The van der Waals surface area contributed by atoms with E-state index in [0.717, 1.165) is 12.0 Å². The molecule has 2 N–H and O–H groups in total. The summed E-state index contributed by atoms with van der Waals surface area (Å²) >= 11 is 6.11. The molecule has 0 saturated heterocycles. The number of hydrogen-bond donors (Lipinski definition) is 2. The van der Waals surface area contributed by atoms with Gasteiger partial charge in [-0.05, 0) is 25.2 Å². The molecule has 1 unspecified atom stereocenters. The number of aliphatic hydroxyl groups is 1. The Kier molecular flexibility index (Phi) is 5.56. The number of nitrogens with zero attached hydrogens (tertiary/aromatic N) is 2. The topological polar surface area (TPSA) is 58.0 Å². The lowest BCUT2D eigenvalue weighted by Crippen LogP contribution is -2.35. The van der Waals surface area contributed by atoms with Gasteiger partial charge in [0.1, 0.15) is 17.3 Å². The van der Waals surface area contributed by atoms with Crippen molar-refractivity contribution in [2.24, 2.45) is 5.92 Å². The lowest BCUT2D eigenvalue weighted by atomic mass is 9.94. The molecule has 0 fully saturated rings. The molecule has 1 aromatic heterocycles. The summed E-state index contributed by atoms with van der Waals surface area (Å²) in [6.07, 6.45) is 2.17. The SMILES string of the molecule is CC(C)CC(C)(O)CNc1ncnc(Cl)c1C(C)C. The highest BCUT2D eigenvalue weighted by Crippen LogP contribution is 2.28. The summed E-state index contributed by atoms with van der Waals surface area (Å²) in [4.78, 5) is 8.23. The van der Waals surface area contributed by atoms with Gasteiger partial charge in [-0.1, -0.05) is 39.3 Å². The van der Waals surface area contributed by atoms with E-state index in [1.807, 2.05) is 20.8 Å². The lowest BCUT2D eigenvalue weighted by Gasteiger charge is -2.26. The second-order valence-corrected chi connectivity index (χ2v) is 6.39. The molecule has 1 rings (SSSR count). The molecule has 0 radical (unpaired) electrons. The summed E-state index contributed by atoms with van der Waals surface area (Å²) in [5.74, 6) is 1.38. The van der Waals surface area contributed by atoms with Crippen molar-refractivity contribution >= 4 is 17.4 Å². The Morgan fingerprint density at radius 3 is 2.47 bits per heavy atom. The molecule has 4 nitrogen and oxygen atoms in total. The van der Waals surface area contributed by atoms with Crippen LogP contribution in [-0.2, 0) is 0 Å². The zero-order valence-corrected chi connectivity index (χ0v) is 13.1. The van der Waals surface area contributed by atoms with Gasteiger partial charge in [-0.2, -0.15) is 0 Å². The van der Waals surface area contributed by atoms with Crippen LogP contribution in [0.2, 0.25) is 5.15 Å². The Morgan fingerprint density at radius 1 is 1.32 bits per heavy atom. The molecule has 0 aliphatic heterocycles. The number of halogens is 1. The van der Waals surface area contributed by atoms with Crippen molar-refractivity contribution in [3.05, 3.63) is 17.0 Å². The third-order valence-electron chi connectivity index (χ3n) is 2.90. The van der Waals surface area contributed by atoms with Gasteiger partial charge in [0, 0.05) is 12.1 Å². The summed E-state index contributed by atoms with van der Waals surface area (Å²) in [7, 11) is 0. The van der Waals surface area contributed by atoms with Gasteiger partial charge >= 0.3 is 0 Å². The van der Waals surface area contributed by atoms with Crippen molar-refractivity contribution < 1.29 is 5.11 Å². The molecule has 0 amide bonds. The van der Waals surface area contributed by atoms with E-state index in [0.29, 0.717) is 23.4 Å². The quantitative estimate of drug-likeness (QED) is 0.786. The minimum Gasteiger partial charge on any atom is -0.388 e. The molecule has 1 heterocycles. The molecule has 108 valence electrons. The van der Waals surface area contributed by atoms with Crippen LogP contribution in [0.5, 0.6) is 0 Å². The summed E-state index contributed by atoms with van der Waals surface area (Å²) in [5.41, 5.74) is 0.129. The minimum atomic E-state index is -0.764. The number of hydrogen-bond acceptors (Lipinski definition) is 4. The average molecular weight is 286 g/mol. The van der Waals surface area contributed by atoms with Crippen LogP contribution in [0.15, 0.2) is 6.33 Å². The minimum absolute atomic E-state index is 0.228. The van der Waals surface area contributed by atoms with Gasteiger partial charge in [0.15, 0.2) is 0 Å². The first-order chi connectivity index (χ1) is 8.73. The highest BCUT2D eigenvalue weighted by molar-refractivity contribution is 6.30. The van der Waals surface area contributed by atoms with E-state index in [4.69, 9.17) is 11.6 Å². The molecule has 0 aliphatic rings. The fraction of sp³-hybridized carbons (Fsp3) is 0.714. The van der Waals surface area contributed by atoms with Crippen LogP contribution in [-0.4, -0.2) is 27.2 Å². The molecule has 5 heteroatoms. The second kappa shape index (κ2) is 6.53. The molecule has 0 saturated carbocycles. The van der Waals surface area contributed by atoms with Crippen molar-refractivity contribution in [3.8, 4) is 0 Å². The van der Waals surface area contributed by atoms with Gasteiger partial charge < -0.3 is 10.4 Å². The van der Waals surface area contributed by atoms with E-state index < -0.39 is 5.60 Å². The lowest BCUT2D eigenvalue weighted by molar-refractivity contribution is 0.0514. The van der Waals surface area contributed by atoms with Crippen LogP contribution >= 0.6 is 11.6 Å². The van der Waals surface area contributed by atoms with E-state index in [9.17, 15) is 5.11 Å². The largest absolute Gasteiger partial charge is 0.388 e. The number of aromatic nitrogens is 2. The maximum atomic E-state index is 10.3. The molecule has 0 aromatic carbocycles. The third-order valence-corrected chi connectivity index (χ3v) is 3.20. The fourth-order valence-corrected chi connectivity index (χ4v) is 2.60. The van der Waals surface area contributed by atoms with Gasteiger partial charge in [0.2, 0.25) is 0 Å². The van der Waals surface area contributed by atoms with Gasteiger partial charge in [-0.15, -0.1) is 0 Å². The first-order valence-corrected chi connectivity index (χ1v) is 7.07. The molecular formula is C14H24ClN3O. The standard InChI is InChI=1S/C14H24ClN3O/c1-9(2)6-14(5,19)7-16-13-11(10(3)4)12(15)17-8-18-13/h8-10,19H,6-7H2,1-5H3,(H,16,17,18). The third kappa shape index (κ3) is 4.96.